The van der Waals surface area contributed by atoms with Crippen LogP contribution >= 0.6 is 0 Å². The first kappa shape index (κ1) is 15.6. The highest BCUT2D eigenvalue weighted by Gasteiger charge is 2.23. The van der Waals surface area contributed by atoms with Crippen molar-refractivity contribution in [2.45, 2.75) is 38.6 Å². The van der Waals surface area contributed by atoms with Crippen molar-refractivity contribution < 1.29 is 9.53 Å². The average Bonchev–Trinajstić information content (AvgIpc) is 2.46. The number of aromatic nitrogens is 1. The molecule has 4 nitrogen and oxygen atoms in total. The monoisotopic (exact) mass is 264 g/mol. The largest absolute Gasteiger partial charge is 0.468 e. The van der Waals surface area contributed by atoms with Crippen molar-refractivity contribution in [1.82, 2.24) is 9.88 Å². The lowest BCUT2D eigenvalue weighted by Gasteiger charge is -2.25. The van der Waals surface area contributed by atoms with Crippen LogP contribution in [0.5, 0.6) is 0 Å². The van der Waals surface area contributed by atoms with Gasteiger partial charge in [-0.2, -0.15) is 0 Å². The first-order valence-corrected chi connectivity index (χ1v) is 6.87. The van der Waals surface area contributed by atoms with E-state index in [4.69, 9.17) is 4.74 Å². The van der Waals surface area contributed by atoms with E-state index in [2.05, 4.69) is 16.8 Å². The fraction of sp³-hybridized carbons (Fsp3) is 0.600. The Morgan fingerprint density at radius 2 is 2.26 bits per heavy atom. The maximum atomic E-state index is 11.8. The van der Waals surface area contributed by atoms with Crippen molar-refractivity contribution in [2.75, 3.05) is 20.7 Å². The van der Waals surface area contributed by atoms with Gasteiger partial charge in [0.2, 0.25) is 0 Å². The normalized spacial score (nSPS) is 12.4. The Labute approximate surface area is 115 Å². The highest BCUT2D eigenvalue weighted by atomic mass is 16.5. The first-order chi connectivity index (χ1) is 9.19. The molecule has 0 aliphatic carbocycles. The van der Waals surface area contributed by atoms with Gasteiger partial charge in [-0.3, -0.25) is 14.7 Å². The van der Waals surface area contributed by atoms with Gasteiger partial charge in [0.15, 0.2) is 0 Å². The van der Waals surface area contributed by atoms with Crippen LogP contribution in [0.25, 0.3) is 0 Å². The fourth-order valence-corrected chi connectivity index (χ4v) is 2.04. The molecule has 0 aliphatic heterocycles. The molecule has 0 bridgehead atoms. The number of methoxy groups -OCH3 is 1. The number of nitrogens with zero attached hydrogens (tertiary/aromatic N) is 2. The van der Waals surface area contributed by atoms with Gasteiger partial charge >= 0.3 is 5.97 Å². The maximum Gasteiger partial charge on any atom is 0.323 e. The third kappa shape index (κ3) is 5.39. The number of rotatable bonds is 8. The van der Waals surface area contributed by atoms with Crippen molar-refractivity contribution >= 4 is 5.97 Å². The minimum Gasteiger partial charge on any atom is -0.468 e. The Bertz CT molecular complexity index is 368. The van der Waals surface area contributed by atoms with E-state index in [-0.39, 0.29) is 12.0 Å². The first-order valence-electron chi connectivity index (χ1n) is 6.87. The van der Waals surface area contributed by atoms with Crippen LogP contribution in [0, 0.1) is 0 Å². The molecule has 1 unspecified atom stereocenters. The number of carbonyl (C=O) groups excluding carboxylic acids is 1. The van der Waals surface area contributed by atoms with Gasteiger partial charge < -0.3 is 4.74 Å². The van der Waals surface area contributed by atoms with Crippen molar-refractivity contribution in [3.05, 3.63) is 30.1 Å². The Morgan fingerprint density at radius 3 is 2.84 bits per heavy atom. The molecule has 106 valence electrons. The third-order valence-electron chi connectivity index (χ3n) is 3.28. The van der Waals surface area contributed by atoms with E-state index >= 15 is 0 Å². The predicted molar refractivity (Wildman–Crippen MR) is 75.9 cm³/mol. The van der Waals surface area contributed by atoms with Crippen molar-refractivity contribution in [2.24, 2.45) is 0 Å². The van der Waals surface area contributed by atoms with E-state index in [1.54, 1.807) is 6.20 Å². The molecular weight excluding hydrogens is 240 g/mol. The minimum absolute atomic E-state index is 0.142. The number of hydrogen-bond acceptors (Lipinski definition) is 4. The smallest absolute Gasteiger partial charge is 0.323 e. The summed E-state index contributed by atoms with van der Waals surface area (Å²) in [7, 11) is 3.42. The number of pyridine rings is 1. The molecule has 0 N–H and O–H groups in total. The summed E-state index contributed by atoms with van der Waals surface area (Å²) >= 11 is 0. The Kier molecular flexibility index (Phi) is 7.11. The van der Waals surface area contributed by atoms with Crippen LogP contribution in [-0.2, 0) is 16.0 Å². The SMILES string of the molecule is CCCCC(C(=O)OC)N(C)CCc1ccccn1. The zero-order chi connectivity index (χ0) is 14.1. The summed E-state index contributed by atoms with van der Waals surface area (Å²) in [5.74, 6) is -0.142. The van der Waals surface area contributed by atoms with Crippen LogP contribution in [0.2, 0.25) is 0 Å². The number of carbonyl (C=O) groups is 1. The molecule has 1 atom stereocenters. The maximum absolute atomic E-state index is 11.8. The highest BCUT2D eigenvalue weighted by molar-refractivity contribution is 5.75. The van der Waals surface area contributed by atoms with E-state index in [1.165, 1.54) is 7.11 Å². The molecule has 0 aromatic carbocycles. The van der Waals surface area contributed by atoms with E-state index in [9.17, 15) is 4.79 Å². The predicted octanol–water partition coefficient (Wildman–Crippen LogP) is 2.29. The second kappa shape index (κ2) is 8.64. The standard InChI is InChI=1S/C15H24N2O2/c1-4-5-9-14(15(18)19-3)17(2)12-10-13-8-6-7-11-16-13/h6-8,11,14H,4-5,9-10,12H2,1-3H3. The molecule has 4 heteroatoms. The minimum atomic E-state index is -0.145. The quantitative estimate of drug-likeness (QED) is 0.676. The van der Waals surface area contributed by atoms with Crippen LogP contribution in [0.1, 0.15) is 31.9 Å². The highest BCUT2D eigenvalue weighted by Crippen LogP contribution is 2.10. The molecule has 0 radical (unpaired) electrons. The molecule has 1 heterocycles. The van der Waals surface area contributed by atoms with Crippen LogP contribution in [0.15, 0.2) is 24.4 Å². The van der Waals surface area contributed by atoms with Gasteiger partial charge in [-0.15, -0.1) is 0 Å². The lowest BCUT2D eigenvalue weighted by atomic mass is 10.1. The summed E-state index contributed by atoms with van der Waals surface area (Å²) in [6.45, 7) is 2.93. The number of likely N-dealkylation sites (N-methyl/N-ethyl adjacent to an activating group) is 1. The molecule has 1 aromatic heterocycles. The number of unbranched alkanes of at least 4 members (excludes halogenated alkanes) is 1. The molecule has 0 saturated carbocycles. The van der Waals surface area contributed by atoms with Gasteiger partial charge in [0.05, 0.1) is 7.11 Å². The van der Waals surface area contributed by atoms with Crippen molar-refractivity contribution in [1.29, 1.82) is 0 Å². The summed E-state index contributed by atoms with van der Waals surface area (Å²) in [5.41, 5.74) is 1.05. The van der Waals surface area contributed by atoms with E-state index in [1.807, 2.05) is 25.2 Å². The lowest BCUT2D eigenvalue weighted by molar-refractivity contribution is -0.146. The van der Waals surface area contributed by atoms with Crippen LogP contribution in [0.3, 0.4) is 0 Å². The molecule has 0 saturated heterocycles. The summed E-state index contributed by atoms with van der Waals surface area (Å²) < 4.78 is 4.89. The molecule has 1 aromatic rings. The number of esters is 1. The average molecular weight is 264 g/mol. The Hall–Kier alpha value is -1.42. The molecule has 19 heavy (non-hydrogen) atoms. The van der Waals surface area contributed by atoms with Gasteiger partial charge in [0.25, 0.3) is 0 Å². The van der Waals surface area contributed by atoms with Crippen LogP contribution in [0.4, 0.5) is 0 Å². The fourth-order valence-electron chi connectivity index (χ4n) is 2.04. The molecular formula is C15H24N2O2. The second-order valence-electron chi connectivity index (χ2n) is 4.73. The molecule has 0 amide bonds. The molecule has 0 aliphatic rings. The summed E-state index contributed by atoms with van der Waals surface area (Å²) in [5, 5.41) is 0. The van der Waals surface area contributed by atoms with E-state index < -0.39 is 0 Å². The summed E-state index contributed by atoms with van der Waals surface area (Å²) in [6.07, 6.45) is 5.61. The summed E-state index contributed by atoms with van der Waals surface area (Å²) in [4.78, 5) is 18.2. The van der Waals surface area contributed by atoms with Crippen LogP contribution in [-0.4, -0.2) is 42.6 Å². The zero-order valence-electron chi connectivity index (χ0n) is 12.1. The Balaban J connectivity index is 2.51. The Morgan fingerprint density at radius 1 is 1.47 bits per heavy atom. The number of hydrogen-bond donors (Lipinski definition) is 0. The van der Waals surface area contributed by atoms with Crippen molar-refractivity contribution in [3.63, 3.8) is 0 Å². The second-order valence-corrected chi connectivity index (χ2v) is 4.73. The summed E-state index contributed by atoms with van der Waals surface area (Å²) in [6, 6.07) is 5.75. The molecule has 1 rings (SSSR count). The number of ether oxygens (including phenoxy) is 1. The van der Waals surface area contributed by atoms with Gasteiger partial charge in [-0.25, -0.2) is 0 Å². The van der Waals surface area contributed by atoms with E-state index in [0.29, 0.717) is 0 Å². The lowest BCUT2D eigenvalue weighted by Crippen LogP contribution is -2.40. The van der Waals surface area contributed by atoms with E-state index in [0.717, 1.165) is 37.9 Å². The molecule has 0 spiro atoms. The topological polar surface area (TPSA) is 42.4 Å². The zero-order valence-corrected chi connectivity index (χ0v) is 12.1. The molecule has 0 fully saturated rings. The van der Waals surface area contributed by atoms with Gasteiger partial charge in [0.1, 0.15) is 6.04 Å². The van der Waals surface area contributed by atoms with Crippen LogP contribution < -0.4 is 0 Å². The third-order valence-corrected chi connectivity index (χ3v) is 3.28. The van der Waals surface area contributed by atoms with Gasteiger partial charge in [-0.1, -0.05) is 25.8 Å². The van der Waals surface area contributed by atoms with Gasteiger partial charge in [0, 0.05) is 24.9 Å². The van der Waals surface area contributed by atoms with Crippen molar-refractivity contribution in [3.8, 4) is 0 Å². The van der Waals surface area contributed by atoms with Gasteiger partial charge in [-0.05, 0) is 25.6 Å².